The molecule has 0 bridgehead atoms. The van der Waals surface area contributed by atoms with Crippen molar-refractivity contribution in [2.75, 3.05) is 7.11 Å². The molecule has 1 aliphatic heterocycles. The standard InChI is InChI=1S/C20H13ClO4/c1-23-20(22)15-11-13(21)7-8-14(15)12-6-9-18-19(10-12)25-17-5-3-2-4-16(17)24-18/h2-11H,1H3. The van der Waals surface area contributed by atoms with Gasteiger partial charge in [-0.25, -0.2) is 4.79 Å². The molecule has 1 aliphatic rings. The zero-order chi connectivity index (χ0) is 17.4. The summed E-state index contributed by atoms with van der Waals surface area (Å²) in [5.41, 5.74) is 1.91. The molecule has 0 aliphatic carbocycles. The Morgan fingerprint density at radius 2 is 1.56 bits per heavy atom. The molecule has 25 heavy (non-hydrogen) atoms. The molecule has 0 radical (unpaired) electrons. The Balaban J connectivity index is 1.79. The van der Waals surface area contributed by atoms with Gasteiger partial charge in [-0.3, -0.25) is 0 Å². The summed E-state index contributed by atoms with van der Waals surface area (Å²) in [6.07, 6.45) is 0. The van der Waals surface area contributed by atoms with E-state index in [0.717, 1.165) is 5.56 Å². The van der Waals surface area contributed by atoms with Crippen LogP contribution in [-0.2, 0) is 4.74 Å². The lowest BCUT2D eigenvalue weighted by Crippen LogP contribution is -2.04. The second-order valence-corrected chi connectivity index (χ2v) is 5.93. The first-order chi connectivity index (χ1) is 12.2. The number of methoxy groups -OCH3 is 1. The molecule has 0 spiro atoms. The molecule has 0 unspecified atom stereocenters. The fraction of sp³-hybridized carbons (Fsp3) is 0.0500. The van der Waals surface area contributed by atoms with Gasteiger partial charge in [-0.05, 0) is 47.5 Å². The third-order valence-electron chi connectivity index (χ3n) is 3.93. The Labute approximate surface area is 149 Å². The molecular formula is C20H13ClO4. The second-order valence-electron chi connectivity index (χ2n) is 5.49. The van der Waals surface area contributed by atoms with E-state index in [-0.39, 0.29) is 0 Å². The fourth-order valence-corrected chi connectivity index (χ4v) is 2.91. The predicted octanol–water partition coefficient (Wildman–Crippen LogP) is 5.69. The van der Waals surface area contributed by atoms with E-state index >= 15 is 0 Å². The van der Waals surface area contributed by atoms with Gasteiger partial charge in [0.2, 0.25) is 0 Å². The van der Waals surface area contributed by atoms with Gasteiger partial charge in [-0.15, -0.1) is 0 Å². The summed E-state index contributed by atoms with van der Waals surface area (Å²) in [7, 11) is 1.34. The van der Waals surface area contributed by atoms with Crippen LogP contribution in [0.3, 0.4) is 0 Å². The lowest BCUT2D eigenvalue weighted by molar-refractivity contribution is 0.0601. The summed E-state index contributed by atoms with van der Waals surface area (Å²) in [6, 6.07) is 18.1. The van der Waals surface area contributed by atoms with E-state index in [1.807, 2.05) is 42.5 Å². The molecular weight excluding hydrogens is 340 g/mol. The molecule has 0 N–H and O–H groups in total. The predicted molar refractivity (Wildman–Crippen MR) is 94.8 cm³/mol. The summed E-state index contributed by atoms with van der Waals surface area (Å²) in [5, 5.41) is 0.468. The molecule has 0 amide bonds. The smallest absolute Gasteiger partial charge is 0.338 e. The normalized spacial score (nSPS) is 11.6. The van der Waals surface area contributed by atoms with Gasteiger partial charge in [0.1, 0.15) is 0 Å². The van der Waals surface area contributed by atoms with Crippen molar-refractivity contribution in [2.45, 2.75) is 0 Å². The molecule has 0 aromatic heterocycles. The number of hydrogen-bond acceptors (Lipinski definition) is 4. The molecule has 0 fully saturated rings. The first-order valence-electron chi connectivity index (χ1n) is 7.63. The Morgan fingerprint density at radius 3 is 2.28 bits per heavy atom. The third-order valence-corrected chi connectivity index (χ3v) is 4.17. The van der Waals surface area contributed by atoms with E-state index in [0.29, 0.717) is 39.1 Å². The summed E-state index contributed by atoms with van der Waals surface area (Å²) in [4.78, 5) is 12.1. The number of carbonyl (C=O) groups excluding carboxylic acids is 1. The summed E-state index contributed by atoms with van der Waals surface area (Å²) < 4.78 is 16.6. The molecule has 4 rings (SSSR count). The third kappa shape index (κ3) is 2.81. The fourth-order valence-electron chi connectivity index (χ4n) is 2.74. The van der Waals surface area contributed by atoms with E-state index in [9.17, 15) is 4.79 Å². The Morgan fingerprint density at radius 1 is 0.880 bits per heavy atom. The maximum atomic E-state index is 12.1. The van der Waals surface area contributed by atoms with Crippen LogP contribution in [0.5, 0.6) is 23.0 Å². The van der Waals surface area contributed by atoms with Crippen molar-refractivity contribution in [1.29, 1.82) is 0 Å². The Bertz CT molecular complexity index is 981. The number of rotatable bonds is 2. The molecule has 3 aromatic rings. The van der Waals surface area contributed by atoms with Gasteiger partial charge in [-0.1, -0.05) is 35.9 Å². The van der Waals surface area contributed by atoms with Crippen LogP contribution in [0.15, 0.2) is 60.7 Å². The minimum absolute atomic E-state index is 0.395. The van der Waals surface area contributed by atoms with Crippen LogP contribution >= 0.6 is 11.6 Å². The lowest BCUT2D eigenvalue weighted by atomic mass is 9.99. The topological polar surface area (TPSA) is 44.8 Å². The SMILES string of the molecule is COC(=O)c1cc(Cl)ccc1-c1ccc2c(c1)Oc1ccccc1O2. The van der Waals surface area contributed by atoms with Gasteiger partial charge >= 0.3 is 5.97 Å². The van der Waals surface area contributed by atoms with E-state index in [4.69, 9.17) is 25.8 Å². The number of fused-ring (bicyclic) bond motifs is 2. The van der Waals surface area contributed by atoms with Crippen LogP contribution in [0.4, 0.5) is 0 Å². The minimum atomic E-state index is -0.447. The number of para-hydroxylation sites is 2. The average molecular weight is 353 g/mol. The quantitative estimate of drug-likeness (QED) is 0.434. The number of ether oxygens (including phenoxy) is 3. The van der Waals surface area contributed by atoms with Crippen LogP contribution in [0.2, 0.25) is 5.02 Å². The molecule has 5 heteroatoms. The number of hydrogen-bond donors (Lipinski definition) is 0. The van der Waals surface area contributed by atoms with Crippen LogP contribution in [0.25, 0.3) is 11.1 Å². The zero-order valence-corrected chi connectivity index (χ0v) is 14.0. The van der Waals surface area contributed by atoms with E-state index in [1.165, 1.54) is 7.11 Å². The summed E-state index contributed by atoms with van der Waals surface area (Å²) >= 11 is 6.02. The van der Waals surface area contributed by atoms with Crippen LogP contribution in [-0.4, -0.2) is 13.1 Å². The van der Waals surface area contributed by atoms with Crippen LogP contribution in [0.1, 0.15) is 10.4 Å². The first-order valence-corrected chi connectivity index (χ1v) is 8.00. The highest BCUT2D eigenvalue weighted by atomic mass is 35.5. The van der Waals surface area contributed by atoms with Gasteiger partial charge in [0.15, 0.2) is 23.0 Å². The highest BCUT2D eigenvalue weighted by molar-refractivity contribution is 6.31. The highest BCUT2D eigenvalue weighted by Crippen LogP contribution is 2.46. The van der Waals surface area contributed by atoms with Crippen molar-refractivity contribution in [3.63, 3.8) is 0 Å². The van der Waals surface area contributed by atoms with Gasteiger partial charge in [0.25, 0.3) is 0 Å². The average Bonchev–Trinajstić information content (AvgIpc) is 2.65. The van der Waals surface area contributed by atoms with Gasteiger partial charge in [0.05, 0.1) is 12.7 Å². The number of esters is 1. The van der Waals surface area contributed by atoms with Crippen molar-refractivity contribution >= 4 is 17.6 Å². The highest BCUT2D eigenvalue weighted by Gasteiger charge is 2.20. The van der Waals surface area contributed by atoms with E-state index < -0.39 is 5.97 Å². The molecule has 1 heterocycles. The van der Waals surface area contributed by atoms with Crippen molar-refractivity contribution in [1.82, 2.24) is 0 Å². The van der Waals surface area contributed by atoms with Crippen molar-refractivity contribution < 1.29 is 19.0 Å². The summed E-state index contributed by atoms with van der Waals surface area (Å²) in [5.74, 6) is 2.08. The number of halogens is 1. The van der Waals surface area contributed by atoms with E-state index in [2.05, 4.69) is 0 Å². The maximum Gasteiger partial charge on any atom is 0.338 e. The Hall–Kier alpha value is -2.98. The van der Waals surface area contributed by atoms with Crippen molar-refractivity contribution in [3.05, 3.63) is 71.2 Å². The Kier molecular flexibility index (Phi) is 3.82. The first kappa shape index (κ1) is 15.5. The van der Waals surface area contributed by atoms with Crippen LogP contribution < -0.4 is 9.47 Å². The second kappa shape index (κ2) is 6.15. The monoisotopic (exact) mass is 352 g/mol. The minimum Gasteiger partial charge on any atom is -0.465 e. The number of benzene rings is 3. The number of carbonyl (C=O) groups is 1. The lowest BCUT2D eigenvalue weighted by Gasteiger charge is -2.21. The van der Waals surface area contributed by atoms with Crippen molar-refractivity contribution in [2.24, 2.45) is 0 Å². The largest absolute Gasteiger partial charge is 0.465 e. The molecule has 0 saturated carbocycles. The maximum absolute atomic E-state index is 12.1. The summed E-state index contributed by atoms with van der Waals surface area (Å²) in [6.45, 7) is 0. The van der Waals surface area contributed by atoms with Gasteiger partial charge in [-0.2, -0.15) is 0 Å². The molecule has 124 valence electrons. The van der Waals surface area contributed by atoms with E-state index in [1.54, 1.807) is 18.2 Å². The van der Waals surface area contributed by atoms with Gasteiger partial charge < -0.3 is 14.2 Å². The molecule has 3 aromatic carbocycles. The molecule has 0 atom stereocenters. The molecule has 4 nitrogen and oxygen atoms in total. The molecule has 0 saturated heterocycles. The van der Waals surface area contributed by atoms with Crippen molar-refractivity contribution in [3.8, 4) is 34.1 Å². The van der Waals surface area contributed by atoms with Gasteiger partial charge in [0, 0.05) is 5.02 Å². The zero-order valence-electron chi connectivity index (χ0n) is 13.3. The van der Waals surface area contributed by atoms with Crippen LogP contribution in [0, 0.1) is 0 Å².